The van der Waals surface area contributed by atoms with Gasteiger partial charge < -0.3 is 14.4 Å². The number of carbonyl (C=O) groups is 1. The highest BCUT2D eigenvalue weighted by Gasteiger charge is 2.27. The molecule has 3 rings (SSSR count). The number of hydrogen-bond donors (Lipinski definition) is 0. The van der Waals surface area contributed by atoms with Crippen molar-refractivity contribution in [1.29, 1.82) is 0 Å². The molecule has 5 heteroatoms. The minimum absolute atomic E-state index is 0.0652. The first kappa shape index (κ1) is 15.6. The van der Waals surface area contributed by atoms with Crippen molar-refractivity contribution in [3.63, 3.8) is 0 Å². The third-order valence-corrected chi connectivity index (χ3v) is 4.34. The van der Waals surface area contributed by atoms with E-state index in [1.165, 1.54) is 0 Å². The molecule has 0 unspecified atom stereocenters. The lowest BCUT2D eigenvalue weighted by atomic mass is 9.97. The van der Waals surface area contributed by atoms with E-state index in [0.717, 1.165) is 41.6 Å². The molecule has 1 aliphatic heterocycles. The summed E-state index contributed by atoms with van der Waals surface area (Å²) in [5, 5.41) is 2.09. The van der Waals surface area contributed by atoms with Gasteiger partial charge in [0.15, 0.2) is 0 Å². The van der Waals surface area contributed by atoms with Gasteiger partial charge in [0.2, 0.25) is 0 Å². The van der Waals surface area contributed by atoms with E-state index in [4.69, 9.17) is 9.47 Å². The third kappa shape index (κ3) is 3.09. The van der Waals surface area contributed by atoms with Crippen LogP contribution in [0.2, 0.25) is 0 Å². The van der Waals surface area contributed by atoms with Crippen LogP contribution in [0.25, 0.3) is 10.8 Å². The molecule has 0 aliphatic carbocycles. The Morgan fingerprint density at radius 2 is 2.22 bits per heavy atom. The highest BCUT2D eigenvalue weighted by atomic mass is 16.5. The molecule has 1 atom stereocenters. The summed E-state index contributed by atoms with van der Waals surface area (Å²) in [6.07, 6.45) is 5.56. The molecule has 1 saturated heterocycles. The smallest absolute Gasteiger partial charge is 0.310 e. The minimum Gasteiger partial charge on any atom is -0.496 e. The summed E-state index contributed by atoms with van der Waals surface area (Å²) in [4.78, 5) is 18.7. The van der Waals surface area contributed by atoms with Gasteiger partial charge in [-0.15, -0.1) is 0 Å². The topological polar surface area (TPSA) is 51.7 Å². The van der Waals surface area contributed by atoms with Crippen LogP contribution in [-0.4, -0.2) is 37.8 Å². The van der Waals surface area contributed by atoms with Crippen molar-refractivity contribution in [1.82, 2.24) is 4.98 Å². The Hall–Kier alpha value is -2.30. The van der Waals surface area contributed by atoms with Crippen LogP contribution in [0.3, 0.4) is 0 Å². The second-order valence-corrected chi connectivity index (χ2v) is 5.75. The summed E-state index contributed by atoms with van der Waals surface area (Å²) < 4.78 is 10.6. The molecule has 0 spiro atoms. The van der Waals surface area contributed by atoms with E-state index in [2.05, 4.69) is 16.0 Å². The number of carbonyl (C=O) groups excluding carboxylic acids is 1. The maximum atomic E-state index is 12.1. The maximum absolute atomic E-state index is 12.1. The molecule has 2 heterocycles. The predicted molar refractivity (Wildman–Crippen MR) is 89.9 cm³/mol. The van der Waals surface area contributed by atoms with Crippen LogP contribution in [0.1, 0.15) is 19.8 Å². The van der Waals surface area contributed by atoms with E-state index >= 15 is 0 Å². The molecule has 0 N–H and O–H groups in total. The van der Waals surface area contributed by atoms with Crippen molar-refractivity contribution >= 4 is 22.4 Å². The molecule has 0 saturated carbocycles. The van der Waals surface area contributed by atoms with Gasteiger partial charge in [0.25, 0.3) is 0 Å². The number of methoxy groups -OCH3 is 1. The van der Waals surface area contributed by atoms with E-state index in [0.29, 0.717) is 13.2 Å². The van der Waals surface area contributed by atoms with Gasteiger partial charge in [-0.3, -0.25) is 9.78 Å². The molecule has 1 aromatic carbocycles. The summed E-state index contributed by atoms with van der Waals surface area (Å²) in [7, 11) is 1.67. The lowest BCUT2D eigenvalue weighted by Gasteiger charge is -2.33. The van der Waals surface area contributed by atoms with Crippen LogP contribution in [0.15, 0.2) is 30.6 Å². The number of esters is 1. The number of piperidine rings is 1. The zero-order valence-electron chi connectivity index (χ0n) is 13.6. The Morgan fingerprint density at radius 3 is 3.00 bits per heavy atom. The van der Waals surface area contributed by atoms with Crippen molar-refractivity contribution in [2.24, 2.45) is 5.92 Å². The van der Waals surface area contributed by atoms with Crippen LogP contribution in [0, 0.1) is 5.92 Å². The Kier molecular flexibility index (Phi) is 4.65. The molecule has 5 nitrogen and oxygen atoms in total. The molecule has 0 amide bonds. The number of rotatable bonds is 4. The number of anilines is 1. The van der Waals surface area contributed by atoms with Crippen molar-refractivity contribution in [3.8, 4) is 5.75 Å². The molecule has 0 radical (unpaired) electrons. The summed E-state index contributed by atoms with van der Waals surface area (Å²) >= 11 is 0. The van der Waals surface area contributed by atoms with Gasteiger partial charge in [0.1, 0.15) is 5.75 Å². The van der Waals surface area contributed by atoms with Gasteiger partial charge in [-0.2, -0.15) is 0 Å². The molecule has 0 bridgehead atoms. The molecular formula is C18H22N2O3. The summed E-state index contributed by atoms with van der Waals surface area (Å²) in [6.45, 7) is 3.88. The van der Waals surface area contributed by atoms with Crippen LogP contribution in [-0.2, 0) is 9.53 Å². The highest BCUT2D eigenvalue weighted by Crippen LogP contribution is 2.33. The van der Waals surface area contributed by atoms with E-state index < -0.39 is 0 Å². The fourth-order valence-electron chi connectivity index (χ4n) is 3.23. The number of ether oxygens (including phenoxy) is 2. The summed E-state index contributed by atoms with van der Waals surface area (Å²) in [5.41, 5.74) is 1.05. The van der Waals surface area contributed by atoms with E-state index in [9.17, 15) is 4.79 Å². The van der Waals surface area contributed by atoms with Crippen LogP contribution >= 0.6 is 0 Å². The Labute approximate surface area is 136 Å². The van der Waals surface area contributed by atoms with Gasteiger partial charge in [-0.1, -0.05) is 12.1 Å². The average Bonchev–Trinajstić information content (AvgIpc) is 2.61. The van der Waals surface area contributed by atoms with Crippen molar-refractivity contribution < 1.29 is 14.3 Å². The molecule has 1 aliphatic rings. The highest BCUT2D eigenvalue weighted by molar-refractivity contribution is 5.97. The standard InChI is InChI=1S/C18H22N2O3/c1-3-23-18(21)13-6-5-9-20(12-13)16-11-19-10-15-14(16)7-4-8-17(15)22-2/h4,7-8,10-11,13H,3,5-6,9,12H2,1-2H3/t13-/m0/s1. The number of nitrogens with zero attached hydrogens (tertiary/aromatic N) is 2. The largest absolute Gasteiger partial charge is 0.496 e. The van der Waals surface area contributed by atoms with Crippen molar-refractivity contribution in [3.05, 3.63) is 30.6 Å². The van der Waals surface area contributed by atoms with Gasteiger partial charge in [-0.25, -0.2) is 0 Å². The quantitative estimate of drug-likeness (QED) is 0.812. The number of fused-ring (bicyclic) bond motifs is 1. The molecular weight excluding hydrogens is 292 g/mol. The summed E-state index contributed by atoms with van der Waals surface area (Å²) in [6, 6.07) is 5.99. The molecule has 2 aromatic rings. The van der Waals surface area contributed by atoms with Crippen LogP contribution in [0.5, 0.6) is 5.75 Å². The number of pyridine rings is 1. The fraction of sp³-hybridized carbons (Fsp3) is 0.444. The van der Waals surface area contributed by atoms with Gasteiger partial charge >= 0.3 is 5.97 Å². The van der Waals surface area contributed by atoms with Gasteiger partial charge in [0.05, 0.1) is 31.5 Å². The molecule has 122 valence electrons. The minimum atomic E-state index is -0.0945. The predicted octanol–water partition coefficient (Wildman–Crippen LogP) is 3.02. The lowest BCUT2D eigenvalue weighted by molar-refractivity contribution is -0.148. The average molecular weight is 314 g/mol. The van der Waals surface area contributed by atoms with Crippen molar-refractivity contribution in [2.75, 3.05) is 31.7 Å². The maximum Gasteiger partial charge on any atom is 0.310 e. The second kappa shape index (κ2) is 6.86. The first-order valence-electron chi connectivity index (χ1n) is 8.07. The van der Waals surface area contributed by atoms with E-state index in [1.54, 1.807) is 7.11 Å². The number of benzene rings is 1. The fourth-order valence-corrected chi connectivity index (χ4v) is 3.23. The second-order valence-electron chi connectivity index (χ2n) is 5.75. The van der Waals surface area contributed by atoms with E-state index in [1.807, 2.05) is 31.5 Å². The first-order valence-corrected chi connectivity index (χ1v) is 8.07. The van der Waals surface area contributed by atoms with Crippen LogP contribution < -0.4 is 9.64 Å². The zero-order chi connectivity index (χ0) is 16.2. The molecule has 1 fully saturated rings. The normalized spacial score (nSPS) is 18.0. The lowest BCUT2D eigenvalue weighted by Crippen LogP contribution is -2.39. The van der Waals surface area contributed by atoms with Gasteiger partial charge in [0, 0.05) is 30.1 Å². The molecule has 1 aromatic heterocycles. The number of aromatic nitrogens is 1. The van der Waals surface area contributed by atoms with E-state index in [-0.39, 0.29) is 11.9 Å². The first-order chi connectivity index (χ1) is 11.2. The SMILES string of the molecule is CCOC(=O)[C@H]1CCCN(c2cncc3c(OC)cccc23)C1. The van der Waals surface area contributed by atoms with Crippen molar-refractivity contribution in [2.45, 2.75) is 19.8 Å². The third-order valence-electron chi connectivity index (χ3n) is 4.34. The Morgan fingerprint density at radius 1 is 1.35 bits per heavy atom. The van der Waals surface area contributed by atoms with Gasteiger partial charge in [-0.05, 0) is 25.8 Å². The monoisotopic (exact) mass is 314 g/mol. The zero-order valence-corrected chi connectivity index (χ0v) is 13.6. The van der Waals surface area contributed by atoms with Crippen LogP contribution in [0.4, 0.5) is 5.69 Å². The summed E-state index contributed by atoms with van der Waals surface area (Å²) in [5.74, 6) is 0.656. The Bertz CT molecular complexity index is 702. The number of hydrogen-bond acceptors (Lipinski definition) is 5. The molecule has 23 heavy (non-hydrogen) atoms. The Balaban J connectivity index is 1.92.